The largest absolute Gasteiger partial charge is 0.506 e. The minimum absolute atomic E-state index is 0.160. The van der Waals surface area contributed by atoms with Crippen LogP contribution in [0.1, 0.15) is 84.5 Å². The van der Waals surface area contributed by atoms with Crippen LogP contribution in [-0.4, -0.2) is 30.1 Å². The van der Waals surface area contributed by atoms with Crippen LogP contribution in [0, 0.1) is 0 Å². The van der Waals surface area contributed by atoms with Gasteiger partial charge in [-0.25, -0.2) is 0 Å². The number of hydrogen-bond donors (Lipinski definition) is 3. The van der Waals surface area contributed by atoms with Gasteiger partial charge in [0.2, 0.25) is 5.91 Å². The number of hydrogen-bond acceptors (Lipinski definition) is 6. The second-order valence-corrected chi connectivity index (χ2v) is 11.9. The van der Waals surface area contributed by atoms with Crippen molar-refractivity contribution >= 4 is 34.0 Å². The van der Waals surface area contributed by atoms with Crippen LogP contribution in [-0.2, 0) is 9.59 Å². The molecule has 2 amide bonds. The molecule has 4 rings (SSSR count). The quantitative estimate of drug-likeness (QED) is 0.0696. The van der Waals surface area contributed by atoms with E-state index in [4.69, 9.17) is 14.2 Å². The summed E-state index contributed by atoms with van der Waals surface area (Å²) in [4.78, 5) is 25.7. The van der Waals surface area contributed by atoms with Gasteiger partial charge in [-0.3, -0.25) is 9.59 Å². The molecule has 0 aliphatic heterocycles. The summed E-state index contributed by atoms with van der Waals surface area (Å²) in [5.74, 6) is 1.10. The van der Waals surface area contributed by atoms with Gasteiger partial charge < -0.3 is 30.0 Å². The molecule has 250 valence electrons. The van der Waals surface area contributed by atoms with Gasteiger partial charge in [-0.1, -0.05) is 101 Å². The third kappa shape index (κ3) is 10.9. The van der Waals surface area contributed by atoms with Gasteiger partial charge in [0.1, 0.15) is 23.0 Å². The van der Waals surface area contributed by atoms with Crippen LogP contribution in [0.5, 0.6) is 28.7 Å². The number of anilines is 2. The van der Waals surface area contributed by atoms with Gasteiger partial charge in [0, 0.05) is 24.4 Å². The third-order valence-electron chi connectivity index (χ3n) is 8.08. The topological polar surface area (TPSA) is 106 Å². The fourth-order valence-electron chi connectivity index (χ4n) is 5.54. The number of aromatic hydroxyl groups is 1. The van der Waals surface area contributed by atoms with Gasteiger partial charge >= 0.3 is 0 Å². The Kier molecular flexibility index (Phi) is 13.8. The Hall–Kier alpha value is -4.72. The molecule has 1 unspecified atom stereocenters. The fourth-order valence-corrected chi connectivity index (χ4v) is 5.54. The van der Waals surface area contributed by atoms with E-state index in [9.17, 15) is 14.7 Å². The number of phenols is 1. The predicted octanol–water partition coefficient (Wildman–Crippen LogP) is 10.0. The molecule has 0 fully saturated rings. The Bertz CT molecular complexity index is 1580. The van der Waals surface area contributed by atoms with Crippen molar-refractivity contribution < 1.29 is 28.9 Å². The number of unbranched alkanes of at least 4 members (excludes halogenated alkanes) is 9. The highest BCUT2D eigenvalue weighted by atomic mass is 16.5. The highest BCUT2D eigenvalue weighted by Crippen LogP contribution is 2.39. The lowest BCUT2D eigenvalue weighted by atomic mass is 10.0. The summed E-state index contributed by atoms with van der Waals surface area (Å²) in [7, 11) is 1.58. The molecule has 0 aliphatic rings. The van der Waals surface area contributed by atoms with Gasteiger partial charge in [-0.15, -0.1) is 0 Å². The number of amides is 2. The van der Waals surface area contributed by atoms with Crippen molar-refractivity contribution in [2.24, 2.45) is 0 Å². The molecular weight excluding hydrogens is 592 g/mol. The summed E-state index contributed by atoms with van der Waals surface area (Å²) in [6.07, 6.45) is 11.6. The minimum atomic E-state index is -0.791. The van der Waals surface area contributed by atoms with Crippen LogP contribution < -0.4 is 24.8 Å². The lowest BCUT2D eigenvalue weighted by Gasteiger charge is -2.21. The van der Waals surface area contributed by atoms with Crippen molar-refractivity contribution in [3.8, 4) is 28.7 Å². The number of rotatable bonds is 19. The molecule has 0 bridgehead atoms. The molecule has 0 heterocycles. The summed E-state index contributed by atoms with van der Waals surface area (Å²) in [6, 6.07) is 23.6. The molecule has 0 aromatic heterocycles. The normalized spacial score (nSPS) is 11.6. The molecule has 0 saturated carbocycles. The first kappa shape index (κ1) is 35.1. The van der Waals surface area contributed by atoms with Gasteiger partial charge in [-0.05, 0) is 48.6 Å². The predicted molar refractivity (Wildman–Crippen MR) is 189 cm³/mol. The van der Waals surface area contributed by atoms with Crippen LogP contribution in [0.3, 0.4) is 0 Å². The number of benzene rings is 4. The van der Waals surface area contributed by atoms with E-state index in [0.29, 0.717) is 23.7 Å². The van der Waals surface area contributed by atoms with Crippen LogP contribution in [0.4, 0.5) is 11.4 Å². The summed E-state index contributed by atoms with van der Waals surface area (Å²) in [5.41, 5.74) is 0.403. The highest BCUT2D eigenvalue weighted by molar-refractivity contribution is 5.98. The molecule has 8 nitrogen and oxygen atoms in total. The first-order chi connectivity index (χ1) is 22.9. The third-order valence-corrected chi connectivity index (χ3v) is 8.08. The molecule has 4 aromatic carbocycles. The lowest BCUT2D eigenvalue weighted by molar-refractivity contribution is -0.123. The molecule has 3 N–H and O–H groups in total. The van der Waals surface area contributed by atoms with Crippen LogP contribution in [0.25, 0.3) is 10.8 Å². The zero-order chi connectivity index (χ0) is 33.4. The molecule has 0 aliphatic carbocycles. The number of phenolic OH excluding ortho intramolecular Hbond substituents is 1. The van der Waals surface area contributed by atoms with E-state index >= 15 is 0 Å². The van der Waals surface area contributed by atoms with Crippen LogP contribution in [0.15, 0.2) is 78.9 Å². The fraction of sp³-hybridized carbons (Fsp3) is 0.385. The average Bonchev–Trinajstić information content (AvgIpc) is 3.07. The van der Waals surface area contributed by atoms with E-state index < -0.39 is 6.10 Å². The number of ether oxygens (including phenoxy) is 3. The zero-order valence-electron chi connectivity index (χ0n) is 27.8. The lowest BCUT2D eigenvalue weighted by Crippen LogP contribution is -2.33. The molecule has 0 saturated heterocycles. The van der Waals surface area contributed by atoms with Gasteiger partial charge in [-0.2, -0.15) is 0 Å². The van der Waals surface area contributed by atoms with E-state index in [1.807, 2.05) is 42.5 Å². The first-order valence-corrected chi connectivity index (χ1v) is 16.8. The second-order valence-electron chi connectivity index (χ2n) is 11.9. The number of fused-ring (bicyclic) bond motifs is 1. The van der Waals surface area contributed by atoms with Crippen molar-refractivity contribution in [1.82, 2.24) is 0 Å². The smallest absolute Gasteiger partial charge is 0.265 e. The van der Waals surface area contributed by atoms with Crippen LogP contribution >= 0.6 is 0 Å². The molecule has 4 aromatic rings. The molecule has 1 atom stereocenters. The molecule has 0 radical (unpaired) electrons. The van der Waals surface area contributed by atoms with Crippen molar-refractivity contribution in [2.75, 3.05) is 17.7 Å². The Morgan fingerprint density at radius 3 is 2.04 bits per heavy atom. The summed E-state index contributed by atoms with van der Waals surface area (Å²) in [5, 5.41) is 18.2. The van der Waals surface area contributed by atoms with Gasteiger partial charge in [0.25, 0.3) is 5.91 Å². The Labute approximate surface area is 278 Å². The Morgan fingerprint density at radius 2 is 1.36 bits per heavy atom. The molecule has 8 heteroatoms. The maximum absolute atomic E-state index is 13.9. The van der Waals surface area contributed by atoms with E-state index in [1.165, 1.54) is 64.0 Å². The number of carbonyl (C=O) groups is 2. The van der Waals surface area contributed by atoms with Crippen molar-refractivity contribution in [3.05, 3.63) is 78.9 Å². The number of nitrogens with one attached hydrogen (secondary N) is 2. The molecule has 0 spiro atoms. The minimum Gasteiger partial charge on any atom is -0.506 e. The van der Waals surface area contributed by atoms with Crippen LogP contribution in [0.2, 0.25) is 0 Å². The van der Waals surface area contributed by atoms with E-state index in [2.05, 4.69) is 17.6 Å². The Balaban J connectivity index is 1.52. The first-order valence-electron chi connectivity index (χ1n) is 16.8. The summed E-state index contributed by atoms with van der Waals surface area (Å²) < 4.78 is 17.8. The van der Waals surface area contributed by atoms with E-state index in [-0.39, 0.29) is 34.7 Å². The standard InChI is InChI=1S/C39H48N2O6/c1-4-5-6-7-8-9-10-11-12-13-20-37(47-36-21-16-18-29-17-14-15-19-32(29)36)39(44)41-34-26-35(43)33(40-28(2)42)27-38(34)46-31-24-22-30(45-3)23-25-31/h14-19,21-27,37,43H,4-13,20H2,1-3H3,(H,40,42)(H,41,44). The summed E-state index contributed by atoms with van der Waals surface area (Å²) >= 11 is 0. The molecule has 47 heavy (non-hydrogen) atoms. The number of carbonyl (C=O) groups excluding carboxylic acids is 2. The average molecular weight is 641 g/mol. The summed E-state index contributed by atoms with van der Waals surface area (Å²) in [6.45, 7) is 3.59. The zero-order valence-corrected chi connectivity index (χ0v) is 27.8. The Morgan fingerprint density at radius 1 is 0.723 bits per heavy atom. The maximum atomic E-state index is 13.9. The maximum Gasteiger partial charge on any atom is 0.265 e. The molecular formula is C39H48N2O6. The van der Waals surface area contributed by atoms with Crippen molar-refractivity contribution in [3.63, 3.8) is 0 Å². The number of methoxy groups -OCH3 is 1. The van der Waals surface area contributed by atoms with Crippen molar-refractivity contribution in [2.45, 2.75) is 90.6 Å². The SMILES string of the molecule is CCCCCCCCCCCCC(Oc1cccc2ccccc12)C(=O)Nc1cc(O)c(NC(C)=O)cc1Oc1ccc(OC)cc1. The second kappa shape index (κ2) is 18.4. The van der Waals surface area contributed by atoms with Gasteiger partial charge in [0.05, 0.1) is 18.5 Å². The highest BCUT2D eigenvalue weighted by Gasteiger charge is 2.24. The van der Waals surface area contributed by atoms with Crippen molar-refractivity contribution in [1.29, 1.82) is 0 Å². The van der Waals surface area contributed by atoms with E-state index in [1.54, 1.807) is 31.4 Å². The van der Waals surface area contributed by atoms with Gasteiger partial charge in [0.15, 0.2) is 11.9 Å². The monoisotopic (exact) mass is 640 g/mol. The van der Waals surface area contributed by atoms with E-state index in [0.717, 1.165) is 30.0 Å².